The molecule has 1 fully saturated rings. The van der Waals surface area contributed by atoms with Gasteiger partial charge in [0.15, 0.2) is 0 Å². The molecule has 1 saturated heterocycles. The van der Waals surface area contributed by atoms with Crippen molar-refractivity contribution in [1.29, 1.82) is 0 Å². The van der Waals surface area contributed by atoms with Crippen LogP contribution >= 0.6 is 0 Å². The predicted octanol–water partition coefficient (Wildman–Crippen LogP) is 2.17. The molecule has 0 bridgehead atoms. The molecule has 2 aliphatic heterocycles. The summed E-state index contributed by atoms with van der Waals surface area (Å²) in [4.78, 5) is 32.2. The lowest BCUT2D eigenvalue weighted by Crippen LogP contribution is -2.32. The Kier molecular flexibility index (Phi) is 5.06. The molecule has 0 saturated carbocycles. The molecule has 4 N–H and O–H groups in total. The minimum atomic E-state index is -4.63. The molecule has 3 heterocycles. The van der Waals surface area contributed by atoms with Crippen molar-refractivity contribution in [1.82, 2.24) is 20.2 Å². The summed E-state index contributed by atoms with van der Waals surface area (Å²) in [6.07, 6.45) is -3.69. The maximum Gasteiger partial charge on any atom is 0.421 e. The Labute approximate surface area is 169 Å². The Bertz CT molecular complexity index is 996. The van der Waals surface area contributed by atoms with E-state index < -0.39 is 11.7 Å². The molecule has 4 rings (SSSR count). The second-order valence-corrected chi connectivity index (χ2v) is 6.82. The number of rotatable bonds is 6. The van der Waals surface area contributed by atoms with Crippen LogP contribution in [-0.2, 0) is 17.4 Å². The van der Waals surface area contributed by atoms with E-state index in [2.05, 4.69) is 31.2 Å². The summed E-state index contributed by atoms with van der Waals surface area (Å²) in [7, 11) is 0. The van der Waals surface area contributed by atoms with Crippen molar-refractivity contribution in [2.45, 2.75) is 12.6 Å². The summed E-state index contributed by atoms with van der Waals surface area (Å²) in [5, 5.41) is 10.9. The lowest BCUT2D eigenvalue weighted by molar-refractivity contribution is -0.137. The smallest absolute Gasteiger partial charge is 0.368 e. The van der Waals surface area contributed by atoms with Gasteiger partial charge in [-0.05, 0) is 23.8 Å². The van der Waals surface area contributed by atoms with Gasteiger partial charge in [-0.15, -0.1) is 0 Å². The number of aromatic nitrogens is 2. The standard InChI is InChI=1S/C18H18F3N7O2/c19-18(20,21)12-9-24-16(25-11-1-2-13-10(7-11)8-14(29)26-13)27-15(12)22-3-5-28-6-4-23-17(28)30/h1-2,7,9H,3-6,8H2,(H,23,30)(H,26,29)(H2,22,24,25,27). The van der Waals surface area contributed by atoms with E-state index in [0.29, 0.717) is 30.7 Å². The van der Waals surface area contributed by atoms with Crippen LogP contribution in [0, 0.1) is 0 Å². The quantitative estimate of drug-likeness (QED) is 0.569. The number of alkyl halides is 3. The molecule has 30 heavy (non-hydrogen) atoms. The molecule has 0 atom stereocenters. The number of hydrogen-bond donors (Lipinski definition) is 4. The minimum absolute atomic E-state index is 0.0263. The zero-order valence-electron chi connectivity index (χ0n) is 15.6. The van der Waals surface area contributed by atoms with Crippen LogP contribution in [0.5, 0.6) is 0 Å². The number of halogens is 3. The second kappa shape index (κ2) is 7.69. The summed E-state index contributed by atoms with van der Waals surface area (Å²) < 4.78 is 40.0. The van der Waals surface area contributed by atoms with Crippen molar-refractivity contribution < 1.29 is 22.8 Å². The van der Waals surface area contributed by atoms with E-state index in [9.17, 15) is 22.8 Å². The number of carbonyl (C=O) groups is 2. The van der Waals surface area contributed by atoms with Crippen LogP contribution in [0.3, 0.4) is 0 Å². The van der Waals surface area contributed by atoms with Gasteiger partial charge in [0, 0.05) is 43.8 Å². The number of carbonyl (C=O) groups excluding carboxylic acids is 2. The highest BCUT2D eigenvalue weighted by Crippen LogP contribution is 2.34. The van der Waals surface area contributed by atoms with Gasteiger partial charge in [-0.3, -0.25) is 4.79 Å². The van der Waals surface area contributed by atoms with Crippen molar-refractivity contribution >= 4 is 35.1 Å². The number of urea groups is 1. The van der Waals surface area contributed by atoms with Gasteiger partial charge in [-0.2, -0.15) is 18.2 Å². The number of fused-ring (bicyclic) bond motifs is 1. The number of hydrogen-bond acceptors (Lipinski definition) is 6. The molecule has 12 heteroatoms. The molecule has 9 nitrogen and oxygen atoms in total. The van der Waals surface area contributed by atoms with E-state index in [1.807, 2.05) is 0 Å². The summed E-state index contributed by atoms with van der Waals surface area (Å²) in [6.45, 7) is 1.34. The first kappa shape index (κ1) is 19.7. The summed E-state index contributed by atoms with van der Waals surface area (Å²) in [5.41, 5.74) is 1.03. The Balaban J connectivity index is 1.50. The van der Waals surface area contributed by atoms with E-state index in [1.165, 1.54) is 4.90 Å². The maximum absolute atomic E-state index is 13.3. The van der Waals surface area contributed by atoms with Gasteiger partial charge in [0.05, 0.1) is 6.42 Å². The lowest BCUT2D eigenvalue weighted by atomic mass is 10.1. The molecule has 0 unspecified atom stereocenters. The van der Waals surface area contributed by atoms with Gasteiger partial charge in [-0.25, -0.2) is 9.78 Å². The zero-order valence-corrected chi connectivity index (χ0v) is 15.6. The Morgan fingerprint density at radius 2 is 2.07 bits per heavy atom. The van der Waals surface area contributed by atoms with Crippen LogP contribution in [-0.4, -0.2) is 53.0 Å². The fourth-order valence-electron chi connectivity index (χ4n) is 3.25. The molecule has 0 spiro atoms. The Morgan fingerprint density at radius 3 is 2.80 bits per heavy atom. The van der Waals surface area contributed by atoms with Crippen LogP contribution in [0.2, 0.25) is 0 Å². The molecule has 1 aromatic carbocycles. The third kappa shape index (κ3) is 4.21. The fourth-order valence-corrected chi connectivity index (χ4v) is 3.25. The van der Waals surface area contributed by atoms with Gasteiger partial charge < -0.3 is 26.2 Å². The second-order valence-electron chi connectivity index (χ2n) is 6.82. The van der Waals surface area contributed by atoms with Crippen LogP contribution in [0.15, 0.2) is 24.4 Å². The normalized spacial score (nSPS) is 15.6. The van der Waals surface area contributed by atoms with Gasteiger partial charge in [0.1, 0.15) is 11.4 Å². The lowest BCUT2D eigenvalue weighted by Gasteiger charge is -2.17. The largest absolute Gasteiger partial charge is 0.421 e. The molecule has 2 aromatic rings. The van der Waals surface area contributed by atoms with Crippen molar-refractivity contribution in [3.63, 3.8) is 0 Å². The third-order valence-corrected chi connectivity index (χ3v) is 4.70. The number of amides is 3. The number of nitrogens with one attached hydrogen (secondary N) is 4. The van der Waals surface area contributed by atoms with E-state index >= 15 is 0 Å². The first-order chi connectivity index (χ1) is 14.3. The minimum Gasteiger partial charge on any atom is -0.368 e. The van der Waals surface area contributed by atoms with Gasteiger partial charge in [0.2, 0.25) is 11.9 Å². The zero-order chi connectivity index (χ0) is 21.3. The summed E-state index contributed by atoms with van der Waals surface area (Å²) in [5.74, 6) is -0.523. The van der Waals surface area contributed by atoms with Crippen LogP contribution in [0.1, 0.15) is 11.1 Å². The predicted molar refractivity (Wildman–Crippen MR) is 103 cm³/mol. The van der Waals surface area contributed by atoms with Crippen molar-refractivity contribution in [3.8, 4) is 0 Å². The average Bonchev–Trinajstić information content (AvgIpc) is 3.25. The van der Waals surface area contributed by atoms with E-state index in [4.69, 9.17) is 0 Å². The molecular weight excluding hydrogens is 403 g/mol. The molecule has 2 aliphatic rings. The monoisotopic (exact) mass is 421 g/mol. The summed E-state index contributed by atoms with van der Waals surface area (Å²) in [6, 6.07) is 4.84. The molecule has 3 amide bonds. The van der Waals surface area contributed by atoms with Crippen molar-refractivity contribution in [2.24, 2.45) is 0 Å². The van der Waals surface area contributed by atoms with Gasteiger partial charge in [0.25, 0.3) is 0 Å². The summed E-state index contributed by atoms with van der Waals surface area (Å²) >= 11 is 0. The SMILES string of the molecule is O=C1Cc2cc(Nc3ncc(C(F)(F)F)c(NCCN4CCNC4=O)n3)ccc2N1. The van der Waals surface area contributed by atoms with Crippen LogP contribution < -0.4 is 21.3 Å². The van der Waals surface area contributed by atoms with E-state index in [1.54, 1.807) is 18.2 Å². The molecule has 1 aromatic heterocycles. The van der Waals surface area contributed by atoms with E-state index in [0.717, 1.165) is 5.56 Å². The first-order valence-corrected chi connectivity index (χ1v) is 9.20. The van der Waals surface area contributed by atoms with E-state index in [-0.39, 0.29) is 43.2 Å². The molecule has 158 valence electrons. The first-order valence-electron chi connectivity index (χ1n) is 9.20. The molecular formula is C18H18F3N7O2. The Morgan fingerprint density at radius 1 is 1.23 bits per heavy atom. The molecule has 0 aliphatic carbocycles. The van der Waals surface area contributed by atoms with Gasteiger partial charge in [-0.1, -0.05) is 0 Å². The van der Waals surface area contributed by atoms with Crippen molar-refractivity contribution in [2.75, 3.05) is 42.1 Å². The van der Waals surface area contributed by atoms with Crippen LogP contribution in [0.25, 0.3) is 0 Å². The topological polar surface area (TPSA) is 111 Å². The highest BCUT2D eigenvalue weighted by atomic mass is 19.4. The average molecular weight is 421 g/mol. The maximum atomic E-state index is 13.3. The Hall–Kier alpha value is -3.57. The number of anilines is 4. The highest BCUT2D eigenvalue weighted by molar-refractivity contribution is 5.99. The van der Waals surface area contributed by atoms with Crippen LogP contribution in [0.4, 0.5) is 41.1 Å². The highest BCUT2D eigenvalue weighted by Gasteiger charge is 2.35. The number of benzene rings is 1. The van der Waals surface area contributed by atoms with Crippen molar-refractivity contribution in [3.05, 3.63) is 35.5 Å². The third-order valence-electron chi connectivity index (χ3n) is 4.70. The number of nitrogens with zero attached hydrogens (tertiary/aromatic N) is 3. The molecule has 0 radical (unpaired) electrons. The fraction of sp³-hybridized carbons (Fsp3) is 0.333. The van der Waals surface area contributed by atoms with Gasteiger partial charge >= 0.3 is 12.2 Å².